The Balaban J connectivity index is 3.06. The number of nitrogens with zero attached hydrogens (tertiary/aromatic N) is 1. The Kier molecular flexibility index (Phi) is 3.90. The van der Waals surface area contributed by atoms with Gasteiger partial charge in [-0.1, -0.05) is 18.9 Å². The van der Waals surface area contributed by atoms with Gasteiger partial charge in [0.1, 0.15) is 5.69 Å². The molecule has 0 fully saturated rings. The summed E-state index contributed by atoms with van der Waals surface area (Å²) < 4.78 is 0. The number of hydrogen-bond acceptors (Lipinski definition) is 3. The van der Waals surface area contributed by atoms with Gasteiger partial charge in [-0.05, 0) is 25.0 Å². The number of hydrogen-bond donors (Lipinski definition) is 1. The maximum Gasteiger partial charge on any atom is 0.292 e. The topological polar surface area (TPSA) is 55.2 Å². The van der Waals surface area contributed by atoms with Gasteiger partial charge in [-0.15, -0.1) is 6.42 Å². The van der Waals surface area contributed by atoms with Crippen molar-refractivity contribution >= 4 is 11.4 Å². The summed E-state index contributed by atoms with van der Waals surface area (Å²) in [5.41, 5.74) is 1.49. The van der Waals surface area contributed by atoms with Gasteiger partial charge in [-0.3, -0.25) is 10.1 Å². The highest BCUT2D eigenvalue weighted by atomic mass is 16.6. The largest absolute Gasteiger partial charge is 0.366 e. The van der Waals surface area contributed by atoms with Crippen molar-refractivity contribution in [2.75, 3.05) is 5.32 Å². The fourth-order valence-corrected chi connectivity index (χ4v) is 1.37. The fraction of sp³-hybridized carbons (Fsp3) is 0.333. The van der Waals surface area contributed by atoms with E-state index in [-0.39, 0.29) is 11.7 Å². The molecular weight excluding hydrogens is 204 g/mol. The number of anilines is 1. The predicted molar refractivity (Wildman–Crippen MR) is 64.4 cm³/mol. The monoisotopic (exact) mass is 218 g/mol. The molecule has 84 valence electrons. The quantitative estimate of drug-likeness (QED) is 0.480. The lowest BCUT2D eigenvalue weighted by atomic mass is 10.1. The number of benzene rings is 1. The minimum atomic E-state index is -0.412. The van der Waals surface area contributed by atoms with E-state index in [1.54, 1.807) is 12.1 Å². The zero-order chi connectivity index (χ0) is 12.1. The summed E-state index contributed by atoms with van der Waals surface area (Å²) in [6, 6.07) is 4.75. The Morgan fingerprint density at radius 3 is 2.81 bits per heavy atom. The highest BCUT2D eigenvalue weighted by molar-refractivity contribution is 5.63. The van der Waals surface area contributed by atoms with E-state index in [0.717, 1.165) is 12.0 Å². The third kappa shape index (κ3) is 2.74. The third-order valence-electron chi connectivity index (χ3n) is 2.29. The molecule has 1 unspecified atom stereocenters. The molecule has 4 nitrogen and oxygen atoms in total. The molecule has 0 bridgehead atoms. The molecule has 0 aliphatic heterocycles. The van der Waals surface area contributed by atoms with E-state index in [2.05, 4.69) is 11.2 Å². The average Bonchev–Trinajstić information content (AvgIpc) is 2.25. The van der Waals surface area contributed by atoms with E-state index in [1.165, 1.54) is 6.07 Å². The minimum Gasteiger partial charge on any atom is -0.366 e. The number of nitro benzene ring substituents is 1. The zero-order valence-corrected chi connectivity index (χ0v) is 9.36. The van der Waals surface area contributed by atoms with E-state index < -0.39 is 4.92 Å². The van der Waals surface area contributed by atoms with E-state index in [0.29, 0.717) is 5.69 Å². The molecule has 0 aromatic heterocycles. The van der Waals surface area contributed by atoms with Crippen LogP contribution in [0, 0.1) is 29.4 Å². The number of aryl methyl sites for hydroxylation is 1. The van der Waals surface area contributed by atoms with Crippen molar-refractivity contribution in [1.29, 1.82) is 0 Å². The first-order valence-electron chi connectivity index (χ1n) is 5.06. The molecule has 1 aromatic carbocycles. The first kappa shape index (κ1) is 12.1. The van der Waals surface area contributed by atoms with Crippen molar-refractivity contribution in [2.45, 2.75) is 26.3 Å². The summed E-state index contributed by atoms with van der Waals surface area (Å²) in [5.74, 6) is 2.55. The summed E-state index contributed by atoms with van der Waals surface area (Å²) in [6.07, 6.45) is 6.04. The first-order chi connectivity index (χ1) is 7.58. The second-order valence-corrected chi connectivity index (χ2v) is 3.55. The van der Waals surface area contributed by atoms with Crippen molar-refractivity contribution in [3.8, 4) is 12.3 Å². The van der Waals surface area contributed by atoms with Crippen molar-refractivity contribution < 1.29 is 4.92 Å². The Labute approximate surface area is 94.8 Å². The van der Waals surface area contributed by atoms with Gasteiger partial charge in [0.15, 0.2) is 0 Å². The van der Waals surface area contributed by atoms with Crippen LogP contribution in [0.2, 0.25) is 0 Å². The molecule has 1 aromatic rings. The van der Waals surface area contributed by atoms with Crippen molar-refractivity contribution in [3.63, 3.8) is 0 Å². The molecular formula is C12H14N2O2. The molecule has 1 rings (SSSR count). The van der Waals surface area contributed by atoms with Gasteiger partial charge in [-0.2, -0.15) is 0 Å². The van der Waals surface area contributed by atoms with E-state index in [4.69, 9.17) is 6.42 Å². The molecule has 0 saturated carbocycles. The average molecular weight is 218 g/mol. The lowest BCUT2D eigenvalue weighted by Gasteiger charge is -2.12. The second kappa shape index (κ2) is 5.17. The van der Waals surface area contributed by atoms with Crippen LogP contribution in [0.4, 0.5) is 11.4 Å². The highest BCUT2D eigenvalue weighted by Crippen LogP contribution is 2.26. The maximum absolute atomic E-state index is 10.8. The van der Waals surface area contributed by atoms with Gasteiger partial charge in [-0.25, -0.2) is 0 Å². The number of nitro groups is 1. The molecule has 0 saturated heterocycles. The summed E-state index contributed by atoms with van der Waals surface area (Å²) in [6.45, 7) is 3.81. The lowest BCUT2D eigenvalue weighted by Crippen LogP contribution is -2.16. The van der Waals surface area contributed by atoms with E-state index in [1.807, 2.05) is 13.8 Å². The van der Waals surface area contributed by atoms with Crippen LogP contribution >= 0.6 is 0 Å². The van der Waals surface area contributed by atoms with Crippen molar-refractivity contribution in [3.05, 3.63) is 33.9 Å². The van der Waals surface area contributed by atoms with Crippen molar-refractivity contribution in [1.82, 2.24) is 0 Å². The highest BCUT2D eigenvalue weighted by Gasteiger charge is 2.15. The summed E-state index contributed by atoms with van der Waals surface area (Å²) in [4.78, 5) is 10.4. The third-order valence-corrected chi connectivity index (χ3v) is 2.29. The molecule has 0 amide bonds. The fourth-order valence-electron chi connectivity index (χ4n) is 1.37. The SMILES string of the molecule is C#CC(CC)Nc1cc(C)ccc1[N+](=O)[O-]. The smallest absolute Gasteiger partial charge is 0.292 e. The molecule has 0 aliphatic carbocycles. The van der Waals surface area contributed by atoms with Crippen LogP contribution in [0.25, 0.3) is 0 Å². The normalized spacial score (nSPS) is 11.6. The van der Waals surface area contributed by atoms with Crippen LogP contribution in [-0.4, -0.2) is 11.0 Å². The van der Waals surface area contributed by atoms with Crippen molar-refractivity contribution in [2.24, 2.45) is 0 Å². The summed E-state index contributed by atoms with van der Waals surface area (Å²) in [5, 5.41) is 13.8. The first-order valence-corrected chi connectivity index (χ1v) is 5.06. The molecule has 0 radical (unpaired) electrons. The molecule has 4 heteroatoms. The van der Waals surface area contributed by atoms with E-state index in [9.17, 15) is 10.1 Å². The summed E-state index contributed by atoms with van der Waals surface area (Å²) >= 11 is 0. The van der Waals surface area contributed by atoms with Gasteiger partial charge < -0.3 is 5.32 Å². The maximum atomic E-state index is 10.8. The van der Waals surface area contributed by atoms with Gasteiger partial charge in [0, 0.05) is 6.07 Å². The Bertz CT molecular complexity index is 435. The Hall–Kier alpha value is -2.02. The molecule has 1 atom stereocenters. The summed E-state index contributed by atoms with van der Waals surface area (Å²) in [7, 11) is 0. The van der Waals surface area contributed by atoms with Gasteiger partial charge in [0.05, 0.1) is 11.0 Å². The zero-order valence-electron chi connectivity index (χ0n) is 9.36. The molecule has 16 heavy (non-hydrogen) atoms. The Morgan fingerprint density at radius 1 is 1.62 bits per heavy atom. The predicted octanol–water partition coefficient (Wildman–Crippen LogP) is 2.73. The van der Waals surface area contributed by atoms with Crippen LogP contribution in [-0.2, 0) is 0 Å². The standard InChI is InChI=1S/C12H14N2O2/c1-4-10(5-2)13-11-8-9(3)6-7-12(11)14(15)16/h1,6-8,10,13H,5H2,2-3H3. The van der Waals surface area contributed by atoms with Crippen LogP contribution < -0.4 is 5.32 Å². The number of terminal acetylenes is 1. The van der Waals surface area contributed by atoms with Gasteiger partial charge in [0.2, 0.25) is 0 Å². The van der Waals surface area contributed by atoms with Crippen LogP contribution in [0.5, 0.6) is 0 Å². The minimum absolute atomic E-state index is 0.0549. The Morgan fingerprint density at radius 2 is 2.31 bits per heavy atom. The molecule has 1 N–H and O–H groups in total. The lowest BCUT2D eigenvalue weighted by molar-refractivity contribution is -0.384. The number of rotatable bonds is 4. The molecule has 0 spiro atoms. The van der Waals surface area contributed by atoms with Crippen LogP contribution in [0.3, 0.4) is 0 Å². The molecule has 0 heterocycles. The van der Waals surface area contributed by atoms with E-state index >= 15 is 0 Å². The number of nitrogens with one attached hydrogen (secondary N) is 1. The van der Waals surface area contributed by atoms with Gasteiger partial charge >= 0.3 is 0 Å². The van der Waals surface area contributed by atoms with Crippen LogP contribution in [0.1, 0.15) is 18.9 Å². The van der Waals surface area contributed by atoms with Crippen LogP contribution in [0.15, 0.2) is 18.2 Å². The molecule has 0 aliphatic rings. The van der Waals surface area contributed by atoms with Gasteiger partial charge in [0.25, 0.3) is 5.69 Å². The second-order valence-electron chi connectivity index (χ2n) is 3.55.